The smallest absolute Gasteiger partial charge is 0.344 e. The number of aromatic nitrogens is 3. The molecular formula is C24H28N4O3S. The summed E-state index contributed by atoms with van der Waals surface area (Å²) in [5.74, 6) is 0.00169. The van der Waals surface area contributed by atoms with E-state index >= 15 is 0 Å². The monoisotopic (exact) mass is 452 g/mol. The van der Waals surface area contributed by atoms with Gasteiger partial charge in [-0.1, -0.05) is 72.4 Å². The fourth-order valence-corrected chi connectivity index (χ4v) is 4.78. The van der Waals surface area contributed by atoms with Crippen LogP contribution in [0.4, 0.5) is 0 Å². The van der Waals surface area contributed by atoms with Crippen molar-refractivity contribution >= 4 is 17.7 Å². The highest BCUT2D eigenvalue weighted by Gasteiger charge is 2.26. The van der Waals surface area contributed by atoms with Crippen molar-refractivity contribution in [2.24, 2.45) is 0 Å². The molecule has 168 valence electrons. The van der Waals surface area contributed by atoms with Crippen LogP contribution in [0.1, 0.15) is 30.9 Å². The van der Waals surface area contributed by atoms with Gasteiger partial charge in [0, 0.05) is 19.7 Å². The molecule has 2 unspecified atom stereocenters. The molecule has 4 rings (SSSR count). The summed E-state index contributed by atoms with van der Waals surface area (Å²) < 4.78 is 7.26. The molecule has 2 aromatic carbocycles. The van der Waals surface area contributed by atoms with E-state index in [-0.39, 0.29) is 17.7 Å². The summed E-state index contributed by atoms with van der Waals surface area (Å²) in [6.07, 6.45) is 1.95. The molecule has 1 aliphatic heterocycles. The van der Waals surface area contributed by atoms with Crippen LogP contribution in [0.25, 0.3) is 0 Å². The number of H-pyrrole nitrogens is 1. The fraction of sp³-hybridized carbons (Fsp3) is 0.375. The van der Waals surface area contributed by atoms with Crippen LogP contribution in [-0.4, -0.2) is 43.5 Å². The van der Waals surface area contributed by atoms with E-state index in [0.29, 0.717) is 24.8 Å². The predicted molar refractivity (Wildman–Crippen MR) is 124 cm³/mol. The van der Waals surface area contributed by atoms with E-state index in [0.717, 1.165) is 30.6 Å². The molecule has 0 aliphatic carbocycles. The van der Waals surface area contributed by atoms with Crippen molar-refractivity contribution in [3.05, 3.63) is 82.3 Å². The summed E-state index contributed by atoms with van der Waals surface area (Å²) in [5, 5.41) is 6.81. The van der Waals surface area contributed by atoms with Crippen molar-refractivity contribution in [3.63, 3.8) is 0 Å². The second-order valence-electron chi connectivity index (χ2n) is 7.98. The van der Waals surface area contributed by atoms with Crippen molar-refractivity contribution in [2.45, 2.75) is 55.9 Å². The summed E-state index contributed by atoms with van der Waals surface area (Å²) in [6.45, 7) is 4.08. The van der Waals surface area contributed by atoms with E-state index in [9.17, 15) is 9.59 Å². The first-order valence-corrected chi connectivity index (χ1v) is 11.8. The second kappa shape index (κ2) is 10.7. The first-order valence-electron chi connectivity index (χ1n) is 10.9. The Morgan fingerprint density at radius 2 is 1.78 bits per heavy atom. The highest BCUT2D eigenvalue weighted by molar-refractivity contribution is 8.00. The second-order valence-corrected chi connectivity index (χ2v) is 9.29. The number of carbonyl (C=O) groups is 1. The lowest BCUT2D eigenvalue weighted by molar-refractivity contribution is -0.131. The average Bonchev–Trinajstić information content (AvgIpc) is 3.45. The molecule has 1 amide bonds. The van der Waals surface area contributed by atoms with Crippen LogP contribution in [0.3, 0.4) is 0 Å². The van der Waals surface area contributed by atoms with Gasteiger partial charge in [0.15, 0.2) is 5.16 Å². The predicted octanol–water partition coefficient (Wildman–Crippen LogP) is 3.46. The van der Waals surface area contributed by atoms with E-state index in [1.165, 1.54) is 11.8 Å². The Kier molecular flexibility index (Phi) is 7.44. The van der Waals surface area contributed by atoms with E-state index in [2.05, 4.69) is 10.2 Å². The van der Waals surface area contributed by atoms with Gasteiger partial charge in [0.2, 0.25) is 5.91 Å². The molecule has 0 spiro atoms. The third-order valence-corrected chi connectivity index (χ3v) is 6.59. The van der Waals surface area contributed by atoms with Gasteiger partial charge in [-0.05, 0) is 30.9 Å². The van der Waals surface area contributed by atoms with Crippen LogP contribution in [0.2, 0.25) is 0 Å². The number of thioether (sulfide) groups is 1. The number of amides is 1. The Labute approximate surface area is 191 Å². The minimum atomic E-state index is -0.402. The number of carbonyl (C=O) groups excluding carboxylic acids is 1. The number of benzene rings is 2. The molecule has 2 heterocycles. The Balaban J connectivity index is 1.49. The number of nitrogens with zero attached hydrogens (tertiary/aromatic N) is 3. The quantitative estimate of drug-likeness (QED) is 0.503. The zero-order valence-electron chi connectivity index (χ0n) is 18.1. The molecule has 3 aromatic rings. The number of hydrogen-bond acceptors (Lipinski definition) is 5. The Morgan fingerprint density at radius 1 is 1.16 bits per heavy atom. The van der Waals surface area contributed by atoms with Crippen LogP contribution in [0, 0.1) is 0 Å². The van der Waals surface area contributed by atoms with E-state index in [1.54, 1.807) is 4.57 Å². The molecule has 8 heteroatoms. The third kappa shape index (κ3) is 5.69. The highest BCUT2D eigenvalue weighted by atomic mass is 32.2. The Hall–Kier alpha value is -2.84. The zero-order valence-corrected chi connectivity index (χ0v) is 19.0. The van der Waals surface area contributed by atoms with E-state index in [1.807, 2.05) is 72.5 Å². The molecule has 32 heavy (non-hydrogen) atoms. The molecule has 1 aromatic heterocycles. The number of ether oxygens (including phenoxy) is 1. The maximum Gasteiger partial charge on any atom is 0.344 e. The first-order chi connectivity index (χ1) is 15.6. The largest absolute Gasteiger partial charge is 0.376 e. The summed E-state index contributed by atoms with van der Waals surface area (Å²) in [5.41, 5.74) is 1.88. The van der Waals surface area contributed by atoms with Crippen molar-refractivity contribution in [1.82, 2.24) is 19.7 Å². The normalized spacial score (nSPS) is 16.7. The van der Waals surface area contributed by atoms with Gasteiger partial charge in [-0.25, -0.2) is 9.89 Å². The summed E-state index contributed by atoms with van der Waals surface area (Å²) in [4.78, 5) is 27.6. The van der Waals surface area contributed by atoms with Gasteiger partial charge in [0.25, 0.3) is 0 Å². The van der Waals surface area contributed by atoms with Crippen molar-refractivity contribution in [2.75, 3.05) is 6.61 Å². The van der Waals surface area contributed by atoms with Crippen LogP contribution >= 0.6 is 11.8 Å². The van der Waals surface area contributed by atoms with Crippen LogP contribution in [0.5, 0.6) is 0 Å². The molecule has 0 bridgehead atoms. The molecular weight excluding hydrogens is 424 g/mol. The molecule has 0 radical (unpaired) electrons. The number of rotatable bonds is 9. The van der Waals surface area contributed by atoms with Gasteiger partial charge in [-0.2, -0.15) is 0 Å². The van der Waals surface area contributed by atoms with E-state index < -0.39 is 5.25 Å². The average molecular weight is 453 g/mol. The maximum absolute atomic E-state index is 13.5. The lowest BCUT2D eigenvalue weighted by Crippen LogP contribution is -2.36. The maximum atomic E-state index is 13.5. The lowest BCUT2D eigenvalue weighted by Gasteiger charge is -2.26. The standard InChI is InChI=1S/C24H28N4O3S/c1-18(32-24-26-25-23(30)28(24)17-21-13-8-14-31-21)22(29)27(15-19-9-4-2-5-10-19)16-20-11-6-3-7-12-20/h2-7,9-12,18,21H,8,13-17H2,1H3,(H,25,30). The lowest BCUT2D eigenvalue weighted by atomic mass is 10.1. The number of nitrogens with one attached hydrogen (secondary N) is 1. The van der Waals surface area contributed by atoms with Crippen molar-refractivity contribution in [3.8, 4) is 0 Å². The molecule has 1 aliphatic rings. The molecule has 1 saturated heterocycles. The highest BCUT2D eigenvalue weighted by Crippen LogP contribution is 2.24. The summed E-state index contributed by atoms with van der Waals surface area (Å²) in [6, 6.07) is 19.9. The number of hydrogen-bond donors (Lipinski definition) is 1. The van der Waals surface area contributed by atoms with Gasteiger partial charge >= 0.3 is 5.69 Å². The fourth-order valence-electron chi connectivity index (χ4n) is 3.83. The first kappa shape index (κ1) is 22.4. The minimum Gasteiger partial charge on any atom is -0.376 e. The Bertz CT molecular complexity index is 1020. The van der Waals surface area contributed by atoms with Crippen molar-refractivity contribution in [1.29, 1.82) is 0 Å². The van der Waals surface area contributed by atoms with Gasteiger partial charge in [0.05, 0.1) is 17.9 Å². The van der Waals surface area contributed by atoms with Gasteiger partial charge in [0.1, 0.15) is 0 Å². The van der Waals surface area contributed by atoms with Crippen LogP contribution < -0.4 is 5.69 Å². The molecule has 1 fully saturated rings. The summed E-state index contributed by atoms with van der Waals surface area (Å²) >= 11 is 1.31. The minimum absolute atomic E-state index is 0.00169. The topological polar surface area (TPSA) is 80.2 Å². The SMILES string of the molecule is CC(Sc1n[nH]c(=O)n1CC1CCCO1)C(=O)N(Cc1ccccc1)Cc1ccccc1. The third-order valence-electron chi connectivity index (χ3n) is 5.51. The molecule has 0 saturated carbocycles. The van der Waals surface area contributed by atoms with Gasteiger partial charge < -0.3 is 9.64 Å². The summed E-state index contributed by atoms with van der Waals surface area (Å²) in [7, 11) is 0. The van der Waals surface area contributed by atoms with E-state index in [4.69, 9.17) is 4.74 Å². The molecule has 7 nitrogen and oxygen atoms in total. The van der Waals surface area contributed by atoms with Crippen molar-refractivity contribution < 1.29 is 9.53 Å². The van der Waals surface area contributed by atoms with Gasteiger partial charge in [-0.15, -0.1) is 5.10 Å². The van der Waals surface area contributed by atoms with Gasteiger partial charge in [-0.3, -0.25) is 9.36 Å². The molecule has 1 N–H and O–H groups in total. The van der Waals surface area contributed by atoms with Crippen LogP contribution in [0.15, 0.2) is 70.6 Å². The van der Waals surface area contributed by atoms with Crippen LogP contribution in [-0.2, 0) is 29.2 Å². The Morgan fingerprint density at radius 3 is 2.34 bits per heavy atom. The molecule has 2 atom stereocenters. The zero-order chi connectivity index (χ0) is 22.3. The number of aromatic amines is 1.